The first kappa shape index (κ1) is 61.9. The summed E-state index contributed by atoms with van der Waals surface area (Å²) in [4.78, 5) is 38.1. The van der Waals surface area contributed by atoms with Gasteiger partial charge in [-0.1, -0.05) is 263 Å². The Morgan fingerprint density at radius 2 is 0.562 bits per heavy atom. The van der Waals surface area contributed by atoms with Gasteiger partial charge in [0.05, 0.1) is 0 Å². The molecule has 0 bridgehead atoms. The van der Waals surface area contributed by atoms with Crippen LogP contribution in [0.1, 0.15) is 310 Å². The van der Waals surface area contributed by atoms with E-state index in [1.807, 2.05) is 0 Å². The van der Waals surface area contributed by atoms with E-state index < -0.39 is 6.10 Å². The second-order valence-electron chi connectivity index (χ2n) is 19.2. The molecule has 0 amide bonds. The fraction of sp³-hybridized carbons (Fsp3) is 0.879. The normalized spacial score (nSPS) is 12.1. The lowest BCUT2D eigenvalue weighted by Gasteiger charge is -2.18. The topological polar surface area (TPSA) is 78.9 Å². The predicted molar refractivity (Wildman–Crippen MR) is 275 cm³/mol. The molecule has 0 radical (unpaired) electrons. The van der Waals surface area contributed by atoms with E-state index in [0.717, 1.165) is 77.0 Å². The minimum absolute atomic E-state index is 0.0716. The van der Waals surface area contributed by atoms with Crippen molar-refractivity contribution in [1.29, 1.82) is 0 Å². The van der Waals surface area contributed by atoms with E-state index in [2.05, 4.69) is 45.1 Å². The highest BCUT2D eigenvalue weighted by molar-refractivity contribution is 5.71. The van der Waals surface area contributed by atoms with Gasteiger partial charge in [-0.2, -0.15) is 0 Å². The average molecular weight is 901 g/mol. The Balaban J connectivity index is 4.32. The Morgan fingerprint density at radius 1 is 0.312 bits per heavy atom. The SMILES string of the molecule is CCCCC/C=C\C/C=C\CCCCCCCC(=O)O[C@H](COC(=O)CCCCCCCCCCCCCCC)COC(=O)CCCCCCCCCCCCCCCCCCCC. The summed E-state index contributed by atoms with van der Waals surface area (Å²) in [6.45, 7) is 6.65. The van der Waals surface area contributed by atoms with Crippen molar-refractivity contribution in [1.82, 2.24) is 0 Å². The van der Waals surface area contributed by atoms with Crippen molar-refractivity contribution in [3.63, 3.8) is 0 Å². The Kier molecular flexibility index (Phi) is 51.7. The van der Waals surface area contributed by atoms with Gasteiger partial charge in [0.1, 0.15) is 13.2 Å². The smallest absolute Gasteiger partial charge is 0.306 e. The first-order chi connectivity index (χ1) is 31.5. The second-order valence-corrected chi connectivity index (χ2v) is 19.2. The Morgan fingerprint density at radius 3 is 0.891 bits per heavy atom. The third-order valence-corrected chi connectivity index (χ3v) is 12.7. The number of hydrogen-bond donors (Lipinski definition) is 0. The summed E-state index contributed by atoms with van der Waals surface area (Å²) in [5.74, 6) is -0.865. The van der Waals surface area contributed by atoms with Gasteiger partial charge in [0.25, 0.3) is 0 Å². The first-order valence-electron chi connectivity index (χ1n) is 28.3. The van der Waals surface area contributed by atoms with Crippen LogP contribution in [-0.4, -0.2) is 37.2 Å². The number of esters is 3. The molecule has 0 unspecified atom stereocenters. The lowest BCUT2D eigenvalue weighted by molar-refractivity contribution is -0.167. The van der Waals surface area contributed by atoms with Gasteiger partial charge < -0.3 is 14.2 Å². The highest BCUT2D eigenvalue weighted by Crippen LogP contribution is 2.17. The van der Waals surface area contributed by atoms with Gasteiger partial charge in [-0.15, -0.1) is 0 Å². The summed E-state index contributed by atoms with van der Waals surface area (Å²) in [5, 5.41) is 0. The first-order valence-corrected chi connectivity index (χ1v) is 28.3. The summed E-state index contributed by atoms with van der Waals surface area (Å²) in [6.07, 6.45) is 61.6. The zero-order valence-corrected chi connectivity index (χ0v) is 43.1. The lowest BCUT2D eigenvalue weighted by atomic mass is 10.0. The molecule has 0 spiro atoms. The van der Waals surface area contributed by atoms with Gasteiger partial charge in [0.2, 0.25) is 0 Å². The zero-order chi connectivity index (χ0) is 46.5. The van der Waals surface area contributed by atoms with Gasteiger partial charge in [-0.05, 0) is 51.4 Å². The number of unbranched alkanes of at least 4 members (excludes halogenated alkanes) is 37. The predicted octanol–water partition coefficient (Wildman–Crippen LogP) is 18.7. The molecule has 376 valence electrons. The third kappa shape index (κ3) is 50.9. The fourth-order valence-corrected chi connectivity index (χ4v) is 8.42. The minimum atomic E-state index is -0.773. The van der Waals surface area contributed by atoms with Crippen molar-refractivity contribution in [3.05, 3.63) is 24.3 Å². The highest BCUT2D eigenvalue weighted by atomic mass is 16.6. The van der Waals surface area contributed by atoms with Gasteiger partial charge in [0, 0.05) is 19.3 Å². The van der Waals surface area contributed by atoms with Crippen molar-refractivity contribution in [2.45, 2.75) is 316 Å². The van der Waals surface area contributed by atoms with Crippen LogP contribution in [0.5, 0.6) is 0 Å². The van der Waals surface area contributed by atoms with Gasteiger partial charge >= 0.3 is 17.9 Å². The van der Waals surface area contributed by atoms with Crippen molar-refractivity contribution in [2.75, 3.05) is 13.2 Å². The Hall–Kier alpha value is -2.11. The van der Waals surface area contributed by atoms with Gasteiger partial charge in [-0.25, -0.2) is 0 Å². The quantitative estimate of drug-likeness (QED) is 0.0262. The number of hydrogen-bond acceptors (Lipinski definition) is 6. The Labute approximate surface area is 398 Å². The summed E-state index contributed by atoms with van der Waals surface area (Å²) >= 11 is 0. The molecule has 0 fully saturated rings. The summed E-state index contributed by atoms with van der Waals surface area (Å²) in [7, 11) is 0. The van der Waals surface area contributed by atoms with Gasteiger partial charge in [-0.3, -0.25) is 14.4 Å². The van der Waals surface area contributed by atoms with E-state index in [-0.39, 0.29) is 31.1 Å². The average Bonchev–Trinajstić information content (AvgIpc) is 3.29. The maximum atomic E-state index is 12.8. The molecular weight excluding hydrogens is 793 g/mol. The molecule has 0 rings (SSSR count). The van der Waals surface area contributed by atoms with Crippen LogP contribution in [0.4, 0.5) is 0 Å². The van der Waals surface area contributed by atoms with E-state index in [9.17, 15) is 14.4 Å². The zero-order valence-electron chi connectivity index (χ0n) is 43.1. The molecule has 0 N–H and O–H groups in total. The monoisotopic (exact) mass is 901 g/mol. The van der Waals surface area contributed by atoms with Crippen LogP contribution in [0.2, 0.25) is 0 Å². The Bertz CT molecular complexity index is 1040. The molecule has 0 aromatic carbocycles. The van der Waals surface area contributed by atoms with E-state index in [4.69, 9.17) is 14.2 Å². The van der Waals surface area contributed by atoms with Crippen molar-refractivity contribution < 1.29 is 28.6 Å². The number of rotatable bonds is 52. The summed E-state index contributed by atoms with van der Waals surface area (Å²) < 4.78 is 16.9. The molecule has 64 heavy (non-hydrogen) atoms. The number of carbonyl (C=O) groups is 3. The van der Waals surface area contributed by atoms with E-state index in [0.29, 0.717) is 19.3 Å². The van der Waals surface area contributed by atoms with Crippen molar-refractivity contribution in [2.24, 2.45) is 0 Å². The molecule has 0 saturated carbocycles. The fourth-order valence-electron chi connectivity index (χ4n) is 8.42. The molecule has 1 atom stereocenters. The van der Waals surface area contributed by atoms with Crippen LogP contribution in [-0.2, 0) is 28.6 Å². The minimum Gasteiger partial charge on any atom is -0.462 e. The number of allylic oxidation sites excluding steroid dienone is 4. The number of carbonyl (C=O) groups excluding carboxylic acids is 3. The van der Waals surface area contributed by atoms with Crippen LogP contribution in [0.15, 0.2) is 24.3 Å². The third-order valence-electron chi connectivity index (χ3n) is 12.7. The number of ether oxygens (including phenoxy) is 3. The molecule has 0 aromatic rings. The molecule has 0 saturated heterocycles. The molecule has 6 heteroatoms. The standard InChI is InChI=1S/C58H108O6/c1-4-7-10-13-16-19-22-25-27-28-29-31-33-36-39-42-45-48-51-57(60)63-54-55(53-62-56(59)50-47-44-41-38-35-32-24-21-18-15-12-9-6-3)64-58(61)52-49-46-43-40-37-34-30-26-23-20-17-14-11-8-5-2/h17,20,26,30,55H,4-16,18-19,21-25,27-29,31-54H2,1-3H3/b20-17-,30-26-/t55-/m1/s1. The lowest BCUT2D eigenvalue weighted by Crippen LogP contribution is -2.30. The maximum absolute atomic E-state index is 12.8. The van der Waals surface area contributed by atoms with Crippen molar-refractivity contribution >= 4 is 17.9 Å². The molecule has 0 aliphatic rings. The molecule has 0 heterocycles. The molecule has 0 aromatic heterocycles. The largest absolute Gasteiger partial charge is 0.462 e. The van der Waals surface area contributed by atoms with Crippen LogP contribution >= 0.6 is 0 Å². The van der Waals surface area contributed by atoms with E-state index in [1.165, 1.54) is 193 Å². The van der Waals surface area contributed by atoms with Crippen LogP contribution in [0.3, 0.4) is 0 Å². The maximum Gasteiger partial charge on any atom is 0.306 e. The molecule has 0 aliphatic heterocycles. The van der Waals surface area contributed by atoms with Crippen molar-refractivity contribution in [3.8, 4) is 0 Å². The highest BCUT2D eigenvalue weighted by Gasteiger charge is 2.19. The molecule has 6 nitrogen and oxygen atoms in total. The van der Waals surface area contributed by atoms with E-state index in [1.54, 1.807) is 0 Å². The molecule has 0 aliphatic carbocycles. The molecular formula is C58H108O6. The summed E-state index contributed by atoms with van der Waals surface area (Å²) in [5.41, 5.74) is 0. The van der Waals surface area contributed by atoms with Crippen LogP contribution < -0.4 is 0 Å². The van der Waals surface area contributed by atoms with Gasteiger partial charge in [0.15, 0.2) is 6.10 Å². The summed E-state index contributed by atoms with van der Waals surface area (Å²) in [6, 6.07) is 0. The van der Waals surface area contributed by atoms with E-state index >= 15 is 0 Å². The van der Waals surface area contributed by atoms with Crippen LogP contribution in [0.25, 0.3) is 0 Å². The second kappa shape index (κ2) is 53.5. The van der Waals surface area contributed by atoms with Crippen LogP contribution in [0, 0.1) is 0 Å².